The number of rotatable bonds is 1. The third-order valence-corrected chi connectivity index (χ3v) is 2.76. The average Bonchev–Trinajstić information content (AvgIpc) is 2.09. The molecule has 0 unspecified atom stereocenters. The van der Waals surface area contributed by atoms with E-state index in [1.807, 2.05) is 0 Å². The second-order valence-corrected chi connectivity index (χ2v) is 4.10. The molecule has 0 aliphatic carbocycles. The summed E-state index contributed by atoms with van der Waals surface area (Å²) in [4.78, 5) is 14.4. The Hall–Kier alpha value is -0.130. The fourth-order valence-electron chi connectivity index (χ4n) is 0.514. The van der Waals surface area contributed by atoms with Crippen LogP contribution in [0.1, 0.15) is 6.92 Å². The molecule has 1 heterocycles. The fraction of sp³-hybridized carbons (Fsp3) is 0.200. The number of carbonyl (C=O) groups is 1. The Morgan fingerprint density at radius 2 is 2.45 bits per heavy atom. The third kappa shape index (κ3) is 2.43. The molecule has 1 aromatic rings. The van der Waals surface area contributed by atoms with Gasteiger partial charge in [-0.2, -0.15) is 0 Å². The van der Waals surface area contributed by atoms with Gasteiger partial charge in [0.1, 0.15) is 9.60 Å². The van der Waals surface area contributed by atoms with Gasteiger partial charge < -0.3 is 5.32 Å². The number of nitrogens with zero attached hydrogens (tertiary/aromatic N) is 1. The summed E-state index contributed by atoms with van der Waals surface area (Å²) in [5, 5.41) is 3.22. The Labute approximate surface area is 80.9 Å². The maximum Gasteiger partial charge on any atom is 0.221 e. The molecule has 1 rings (SSSR count). The molecular formula is C5H4BrClN2OS. The number of anilines is 1. The van der Waals surface area contributed by atoms with Crippen LogP contribution in [-0.4, -0.2) is 10.9 Å². The van der Waals surface area contributed by atoms with Crippen LogP contribution in [0.5, 0.6) is 0 Å². The maximum absolute atomic E-state index is 10.6. The minimum atomic E-state index is -0.133. The molecule has 0 fully saturated rings. The number of halogens is 2. The van der Waals surface area contributed by atoms with E-state index in [0.717, 1.165) is 0 Å². The van der Waals surface area contributed by atoms with Crippen molar-refractivity contribution >= 4 is 49.8 Å². The van der Waals surface area contributed by atoms with E-state index < -0.39 is 0 Å². The maximum atomic E-state index is 10.6. The van der Waals surface area contributed by atoms with Crippen molar-refractivity contribution in [2.75, 3.05) is 5.32 Å². The summed E-state index contributed by atoms with van der Waals surface area (Å²) in [7, 11) is 0. The highest BCUT2D eigenvalue weighted by molar-refractivity contribution is 9.10. The van der Waals surface area contributed by atoms with Crippen LogP contribution >= 0.6 is 38.9 Å². The molecule has 0 atom stereocenters. The molecule has 0 aromatic carbocycles. The number of thiazole rings is 1. The molecule has 0 aliphatic rings. The van der Waals surface area contributed by atoms with E-state index in [2.05, 4.69) is 26.2 Å². The molecule has 60 valence electrons. The zero-order valence-electron chi connectivity index (χ0n) is 5.52. The van der Waals surface area contributed by atoms with Crippen molar-refractivity contribution in [2.45, 2.75) is 6.92 Å². The first kappa shape index (κ1) is 8.96. The molecule has 0 radical (unpaired) electrons. The lowest BCUT2D eigenvalue weighted by Crippen LogP contribution is -2.04. The predicted octanol–water partition coefficient (Wildman–Crippen LogP) is 2.52. The van der Waals surface area contributed by atoms with E-state index in [1.165, 1.54) is 18.3 Å². The number of carbonyl (C=O) groups excluding carboxylic acids is 1. The Morgan fingerprint density at radius 1 is 1.82 bits per heavy atom. The molecule has 1 aromatic heterocycles. The standard InChI is InChI=1S/C5H4BrClN2OS/c1-2(10)8-4-3(6)9-5(7)11-4/h1H3,(H,8,10). The predicted molar refractivity (Wildman–Crippen MR) is 49.1 cm³/mol. The molecule has 0 saturated heterocycles. The van der Waals surface area contributed by atoms with E-state index >= 15 is 0 Å². The molecule has 11 heavy (non-hydrogen) atoms. The van der Waals surface area contributed by atoms with Gasteiger partial charge in [0.05, 0.1) is 0 Å². The third-order valence-electron chi connectivity index (χ3n) is 0.849. The molecule has 1 N–H and O–H groups in total. The van der Waals surface area contributed by atoms with Gasteiger partial charge >= 0.3 is 0 Å². The first-order valence-electron chi connectivity index (χ1n) is 2.69. The zero-order chi connectivity index (χ0) is 8.43. The average molecular weight is 256 g/mol. The van der Waals surface area contributed by atoms with Gasteiger partial charge in [0, 0.05) is 6.92 Å². The van der Waals surface area contributed by atoms with E-state index in [9.17, 15) is 4.79 Å². The highest BCUT2D eigenvalue weighted by Crippen LogP contribution is 2.31. The van der Waals surface area contributed by atoms with Crippen LogP contribution in [0.15, 0.2) is 4.60 Å². The first-order chi connectivity index (χ1) is 5.09. The number of aromatic nitrogens is 1. The lowest BCUT2D eigenvalue weighted by atomic mass is 10.7. The SMILES string of the molecule is CC(=O)Nc1sc(Cl)nc1Br. The Bertz CT molecular complexity index is 288. The molecule has 3 nitrogen and oxygen atoms in total. The van der Waals surface area contributed by atoms with Gasteiger partial charge in [-0.15, -0.1) is 0 Å². The van der Waals surface area contributed by atoms with Gasteiger partial charge in [-0.3, -0.25) is 4.79 Å². The summed E-state index contributed by atoms with van der Waals surface area (Å²) < 4.78 is 0.975. The molecular weight excluding hydrogens is 251 g/mol. The van der Waals surface area contributed by atoms with Crippen molar-refractivity contribution in [1.82, 2.24) is 4.98 Å². The zero-order valence-corrected chi connectivity index (χ0v) is 8.68. The van der Waals surface area contributed by atoms with E-state index in [0.29, 0.717) is 14.1 Å². The summed E-state index contributed by atoms with van der Waals surface area (Å²) >= 11 is 9.94. The van der Waals surface area contributed by atoms with Crippen molar-refractivity contribution in [3.63, 3.8) is 0 Å². The highest BCUT2D eigenvalue weighted by Gasteiger charge is 2.07. The van der Waals surface area contributed by atoms with Gasteiger partial charge in [0.15, 0.2) is 4.47 Å². The molecule has 1 amide bonds. The second kappa shape index (κ2) is 3.51. The molecule has 0 bridgehead atoms. The van der Waals surface area contributed by atoms with Crippen LogP contribution in [0.2, 0.25) is 4.47 Å². The van der Waals surface area contributed by atoms with Crippen LogP contribution in [0, 0.1) is 0 Å². The van der Waals surface area contributed by atoms with Gasteiger partial charge in [0.2, 0.25) is 5.91 Å². The summed E-state index contributed by atoms with van der Waals surface area (Å²) in [6.45, 7) is 1.43. The number of hydrogen-bond donors (Lipinski definition) is 1. The topological polar surface area (TPSA) is 42.0 Å². The van der Waals surface area contributed by atoms with Crippen LogP contribution in [0.3, 0.4) is 0 Å². The molecule has 0 spiro atoms. The van der Waals surface area contributed by atoms with Gasteiger partial charge in [-0.1, -0.05) is 22.9 Å². The van der Waals surface area contributed by atoms with Crippen molar-refractivity contribution < 1.29 is 4.79 Å². The lowest BCUT2D eigenvalue weighted by Gasteiger charge is -1.94. The van der Waals surface area contributed by atoms with E-state index in [-0.39, 0.29) is 5.91 Å². The number of hydrogen-bond acceptors (Lipinski definition) is 3. The highest BCUT2D eigenvalue weighted by atomic mass is 79.9. The minimum Gasteiger partial charge on any atom is -0.316 e. The molecule has 0 aliphatic heterocycles. The van der Waals surface area contributed by atoms with Crippen molar-refractivity contribution in [3.05, 3.63) is 9.07 Å². The normalized spacial score (nSPS) is 9.73. The van der Waals surface area contributed by atoms with Gasteiger partial charge in [-0.25, -0.2) is 4.98 Å². The van der Waals surface area contributed by atoms with Gasteiger partial charge in [-0.05, 0) is 15.9 Å². The lowest BCUT2D eigenvalue weighted by molar-refractivity contribution is -0.114. The largest absolute Gasteiger partial charge is 0.316 e. The van der Waals surface area contributed by atoms with E-state index in [4.69, 9.17) is 11.6 Å². The summed E-state index contributed by atoms with van der Waals surface area (Å²) in [6, 6.07) is 0. The summed E-state index contributed by atoms with van der Waals surface area (Å²) in [6.07, 6.45) is 0. The van der Waals surface area contributed by atoms with Crippen molar-refractivity contribution in [1.29, 1.82) is 0 Å². The summed E-state index contributed by atoms with van der Waals surface area (Å²) in [5.41, 5.74) is 0. The van der Waals surface area contributed by atoms with Crippen molar-refractivity contribution in [3.8, 4) is 0 Å². The Kier molecular flexibility index (Phi) is 2.86. The summed E-state index contributed by atoms with van der Waals surface area (Å²) in [5.74, 6) is -0.133. The monoisotopic (exact) mass is 254 g/mol. The minimum absolute atomic E-state index is 0.133. The Balaban J connectivity index is 2.85. The number of amides is 1. The molecule has 0 saturated carbocycles. The van der Waals surface area contributed by atoms with Gasteiger partial charge in [0.25, 0.3) is 0 Å². The van der Waals surface area contributed by atoms with Crippen molar-refractivity contribution in [2.24, 2.45) is 0 Å². The van der Waals surface area contributed by atoms with E-state index in [1.54, 1.807) is 0 Å². The Morgan fingerprint density at radius 3 is 2.82 bits per heavy atom. The second-order valence-electron chi connectivity index (χ2n) is 1.77. The van der Waals surface area contributed by atoms with Crippen LogP contribution < -0.4 is 5.32 Å². The van der Waals surface area contributed by atoms with Crippen LogP contribution in [-0.2, 0) is 4.79 Å². The quantitative estimate of drug-likeness (QED) is 0.838. The smallest absolute Gasteiger partial charge is 0.221 e. The molecule has 6 heteroatoms. The number of nitrogens with one attached hydrogen (secondary N) is 1. The fourth-order valence-corrected chi connectivity index (χ4v) is 2.20. The first-order valence-corrected chi connectivity index (χ1v) is 4.68. The van der Waals surface area contributed by atoms with Crippen LogP contribution in [0.4, 0.5) is 5.00 Å². The van der Waals surface area contributed by atoms with Crippen LogP contribution in [0.25, 0.3) is 0 Å².